The highest BCUT2D eigenvalue weighted by molar-refractivity contribution is 5.22. The van der Waals surface area contributed by atoms with Crippen LogP contribution in [0.25, 0.3) is 0 Å². The summed E-state index contributed by atoms with van der Waals surface area (Å²) < 4.78 is 0. The van der Waals surface area contributed by atoms with Crippen LogP contribution in [0.1, 0.15) is 6.42 Å². The Labute approximate surface area is 55.6 Å². The number of allylic oxidation sites excluding steroid dienone is 6. The van der Waals surface area contributed by atoms with Crippen molar-refractivity contribution in [2.24, 2.45) is 11.8 Å². The van der Waals surface area contributed by atoms with Gasteiger partial charge in [-0.15, -0.1) is 0 Å². The molecule has 2 aliphatic rings. The first-order valence-electron chi connectivity index (χ1n) is 3.48. The van der Waals surface area contributed by atoms with Crippen molar-refractivity contribution in [2.75, 3.05) is 0 Å². The van der Waals surface area contributed by atoms with Gasteiger partial charge in [0.2, 0.25) is 0 Å². The molecule has 2 atom stereocenters. The molecule has 0 aromatic heterocycles. The van der Waals surface area contributed by atoms with Crippen molar-refractivity contribution in [2.45, 2.75) is 6.42 Å². The summed E-state index contributed by atoms with van der Waals surface area (Å²) in [5.41, 5.74) is 0. The molecule has 0 spiro atoms. The average molecular weight is 118 g/mol. The fourth-order valence-corrected chi connectivity index (χ4v) is 1.51. The fraction of sp³-hybridized carbons (Fsp3) is 0.333. The van der Waals surface area contributed by atoms with Crippen molar-refractivity contribution in [3.63, 3.8) is 0 Å². The highest BCUT2D eigenvalue weighted by atomic mass is 14.2. The molecule has 0 fully saturated rings. The molecule has 0 bridgehead atoms. The minimum absolute atomic E-state index is 0.718. The van der Waals surface area contributed by atoms with Gasteiger partial charge in [-0.1, -0.05) is 36.5 Å². The molecular weight excluding hydrogens is 108 g/mol. The van der Waals surface area contributed by atoms with Crippen molar-refractivity contribution in [3.8, 4) is 0 Å². The number of hydrogen-bond acceptors (Lipinski definition) is 0. The van der Waals surface area contributed by atoms with Crippen LogP contribution < -0.4 is 0 Å². The lowest BCUT2D eigenvalue weighted by molar-refractivity contribution is 0.596. The SMILES string of the molecule is C1=CC2CC=C[C@H]2C=C1. The zero-order valence-corrected chi connectivity index (χ0v) is 5.33. The van der Waals surface area contributed by atoms with Crippen LogP contribution in [0, 0.1) is 11.8 Å². The van der Waals surface area contributed by atoms with Crippen LogP contribution in [0.5, 0.6) is 0 Å². The second kappa shape index (κ2) is 1.87. The van der Waals surface area contributed by atoms with Crippen LogP contribution in [0.15, 0.2) is 36.5 Å². The molecule has 0 saturated carbocycles. The van der Waals surface area contributed by atoms with Gasteiger partial charge in [-0.05, 0) is 12.3 Å². The van der Waals surface area contributed by atoms with Gasteiger partial charge >= 0.3 is 0 Å². The van der Waals surface area contributed by atoms with E-state index in [1.165, 1.54) is 6.42 Å². The summed E-state index contributed by atoms with van der Waals surface area (Å²) in [6.45, 7) is 0. The third-order valence-electron chi connectivity index (χ3n) is 2.06. The van der Waals surface area contributed by atoms with E-state index < -0.39 is 0 Å². The zero-order valence-electron chi connectivity index (χ0n) is 5.33. The van der Waals surface area contributed by atoms with Gasteiger partial charge in [-0.25, -0.2) is 0 Å². The summed E-state index contributed by atoms with van der Waals surface area (Å²) in [5.74, 6) is 1.50. The Morgan fingerprint density at radius 2 is 1.89 bits per heavy atom. The predicted octanol–water partition coefficient (Wildman–Crippen LogP) is 2.30. The summed E-state index contributed by atoms with van der Waals surface area (Å²) in [4.78, 5) is 0. The van der Waals surface area contributed by atoms with E-state index in [1.807, 2.05) is 0 Å². The molecule has 1 unspecified atom stereocenters. The number of hydrogen-bond donors (Lipinski definition) is 0. The molecule has 0 aliphatic heterocycles. The van der Waals surface area contributed by atoms with Crippen molar-refractivity contribution < 1.29 is 0 Å². The molecule has 0 nitrogen and oxygen atoms in total. The first kappa shape index (κ1) is 5.04. The molecule has 46 valence electrons. The lowest BCUT2D eigenvalue weighted by Crippen LogP contribution is -2.03. The van der Waals surface area contributed by atoms with Gasteiger partial charge in [0.15, 0.2) is 0 Å². The highest BCUT2D eigenvalue weighted by Crippen LogP contribution is 2.29. The lowest BCUT2D eigenvalue weighted by atomic mass is 9.92. The van der Waals surface area contributed by atoms with Gasteiger partial charge in [0.05, 0.1) is 0 Å². The Morgan fingerprint density at radius 3 is 2.78 bits per heavy atom. The third-order valence-corrected chi connectivity index (χ3v) is 2.06. The molecule has 0 heterocycles. The molecule has 0 saturated heterocycles. The fourth-order valence-electron chi connectivity index (χ4n) is 1.51. The quantitative estimate of drug-likeness (QED) is 0.428. The van der Waals surface area contributed by atoms with Gasteiger partial charge in [0.1, 0.15) is 0 Å². The van der Waals surface area contributed by atoms with E-state index in [-0.39, 0.29) is 0 Å². The molecule has 0 N–H and O–H groups in total. The van der Waals surface area contributed by atoms with E-state index in [1.54, 1.807) is 0 Å². The second-order valence-corrected chi connectivity index (χ2v) is 2.67. The predicted molar refractivity (Wildman–Crippen MR) is 39.0 cm³/mol. The minimum Gasteiger partial charge on any atom is -0.0873 e. The van der Waals surface area contributed by atoms with Gasteiger partial charge in [0.25, 0.3) is 0 Å². The molecule has 2 rings (SSSR count). The monoisotopic (exact) mass is 118 g/mol. The molecule has 0 amide bonds. The van der Waals surface area contributed by atoms with Crippen LogP contribution in [-0.2, 0) is 0 Å². The van der Waals surface area contributed by atoms with Gasteiger partial charge in [0, 0.05) is 5.92 Å². The normalized spacial score (nSPS) is 37.3. The topological polar surface area (TPSA) is 0 Å². The molecule has 9 heavy (non-hydrogen) atoms. The Balaban J connectivity index is 2.25. The minimum atomic E-state index is 0.718. The van der Waals surface area contributed by atoms with Crippen LogP contribution in [-0.4, -0.2) is 0 Å². The van der Waals surface area contributed by atoms with Crippen LogP contribution in [0.2, 0.25) is 0 Å². The maximum Gasteiger partial charge on any atom is 0.00156 e. The van der Waals surface area contributed by atoms with Gasteiger partial charge in [-0.2, -0.15) is 0 Å². The molecule has 0 radical (unpaired) electrons. The molecule has 0 aromatic carbocycles. The molecule has 0 aromatic rings. The van der Waals surface area contributed by atoms with Crippen LogP contribution in [0.4, 0.5) is 0 Å². The molecule has 0 heteroatoms. The van der Waals surface area contributed by atoms with Crippen molar-refractivity contribution in [1.82, 2.24) is 0 Å². The first-order valence-corrected chi connectivity index (χ1v) is 3.48. The highest BCUT2D eigenvalue weighted by Gasteiger charge is 2.18. The Morgan fingerprint density at radius 1 is 1.00 bits per heavy atom. The largest absolute Gasteiger partial charge is 0.0873 e. The first-order chi connectivity index (χ1) is 4.47. The van der Waals surface area contributed by atoms with Crippen molar-refractivity contribution in [3.05, 3.63) is 36.5 Å². The summed E-state index contributed by atoms with van der Waals surface area (Å²) >= 11 is 0. The summed E-state index contributed by atoms with van der Waals surface area (Å²) in [6, 6.07) is 0. The standard InChI is InChI=1S/C9H10/c1-2-5-9-7-3-6-8(9)4-1/h1-6,8-9H,7H2/t8-,9?/m1/s1. The van der Waals surface area contributed by atoms with Crippen molar-refractivity contribution in [1.29, 1.82) is 0 Å². The maximum absolute atomic E-state index is 2.30. The Bertz CT molecular complexity index is 184. The summed E-state index contributed by atoms with van der Waals surface area (Å²) in [6.07, 6.45) is 14.7. The number of rotatable bonds is 0. The van der Waals surface area contributed by atoms with E-state index in [2.05, 4.69) is 36.5 Å². The zero-order chi connectivity index (χ0) is 6.10. The lowest BCUT2D eigenvalue weighted by Gasteiger charge is -2.13. The van der Waals surface area contributed by atoms with Crippen LogP contribution >= 0.6 is 0 Å². The molecular formula is C9H10. The van der Waals surface area contributed by atoms with E-state index in [0.717, 1.165) is 11.8 Å². The summed E-state index contributed by atoms with van der Waals surface area (Å²) in [7, 11) is 0. The third kappa shape index (κ3) is 0.748. The smallest absolute Gasteiger partial charge is 0.00156 e. The van der Waals surface area contributed by atoms with E-state index >= 15 is 0 Å². The van der Waals surface area contributed by atoms with Crippen molar-refractivity contribution >= 4 is 0 Å². The van der Waals surface area contributed by atoms with Gasteiger partial charge < -0.3 is 0 Å². The van der Waals surface area contributed by atoms with Gasteiger partial charge in [-0.3, -0.25) is 0 Å². The maximum atomic E-state index is 2.30. The van der Waals surface area contributed by atoms with E-state index in [0.29, 0.717) is 0 Å². The average Bonchev–Trinajstić information content (AvgIpc) is 2.33. The Kier molecular flexibility index (Phi) is 1.05. The number of fused-ring (bicyclic) bond motifs is 1. The molecule has 2 aliphatic carbocycles. The second-order valence-electron chi connectivity index (χ2n) is 2.67. The van der Waals surface area contributed by atoms with Crippen LogP contribution in [0.3, 0.4) is 0 Å². The Hall–Kier alpha value is -0.780. The van der Waals surface area contributed by atoms with E-state index in [4.69, 9.17) is 0 Å². The summed E-state index contributed by atoms with van der Waals surface area (Å²) in [5, 5.41) is 0. The van der Waals surface area contributed by atoms with E-state index in [9.17, 15) is 0 Å².